The number of hydrogen-bond donors (Lipinski definition) is 1. The van der Waals surface area contributed by atoms with Crippen molar-refractivity contribution >= 4 is 34.0 Å². The maximum atomic E-state index is 10.0. The van der Waals surface area contributed by atoms with E-state index in [-0.39, 0.29) is 31.6 Å². The molecule has 147 valence electrons. The first-order valence-electron chi connectivity index (χ1n) is 8.29. The van der Waals surface area contributed by atoms with E-state index in [4.69, 9.17) is 10.1 Å². The third-order valence-electron chi connectivity index (χ3n) is 3.89. The number of hydrogen-bond acceptors (Lipinski definition) is 4. The minimum Gasteiger partial charge on any atom is -0.512 e. The van der Waals surface area contributed by atoms with Crippen molar-refractivity contribution in [1.29, 1.82) is 0 Å². The molecule has 0 spiro atoms. The third-order valence-corrected chi connectivity index (χ3v) is 4.74. The molecule has 3 heterocycles. The number of nitrogens with zero attached hydrogens (tertiary/aromatic N) is 3. The van der Waals surface area contributed by atoms with Gasteiger partial charge in [-0.1, -0.05) is 17.6 Å². The summed E-state index contributed by atoms with van der Waals surface area (Å²) in [4.78, 5) is 14.8. The van der Waals surface area contributed by atoms with E-state index in [1.54, 1.807) is 11.5 Å². The SMILES string of the molecule is CC(=O)/C=C(/C)O.[CH2-]c1ccccc1-c1c2nc3ccsn3c2cc[n+]1[CH2-].[Ir]. The van der Waals surface area contributed by atoms with Gasteiger partial charge >= 0.3 is 0 Å². The molecule has 1 N–H and O–H groups in total. The number of fused-ring (bicyclic) bond motifs is 3. The Morgan fingerprint density at radius 2 is 1.96 bits per heavy atom. The second-order valence-corrected chi connectivity index (χ2v) is 6.94. The average molecular weight is 571 g/mol. The van der Waals surface area contributed by atoms with Crippen LogP contribution in [0.2, 0.25) is 0 Å². The summed E-state index contributed by atoms with van der Waals surface area (Å²) >= 11 is 1.65. The van der Waals surface area contributed by atoms with Gasteiger partial charge in [0.05, 0.1) is 28.7 Å². The number of aromatic nitrogens is 3. The summed E-state index contributed by atoms with van der Waals surface area (Å²) in [5.41, 5.74) is 6.09. The van der Waals surface area contributed by atoms with Gasteiger partial charge in [-0.15, -0.1) is 17.7 Å². The number of pyridine rings is 1. The van der Waals surface area contributed by atoms with Crippen LogP contribution in [0, 0.1) is 14.0 Å². The molecule has 0 saturated carbocycles. The number of imidazole rings is 1. The number of rotatable bonds is 2. The number of aliphatic hydroxyl groups excluding tert-OH is 1. The summed E-state index contributed by atoms with van der Waals surface area (Å²) in [5, 5.41) is 10.4. The molecule has 0 aliphatic heterocycles. The quantitative estimate of drug-likeness (QED) is 0.169. The Kier molecular flexibility index (Phi) is 7.02. The van der Waals surface area contributed by atoms with Crippen molar-refractivity contribution in [2.24, 2.45) is 0 Å². The van der Waals surface area contributed by atoms with E-state index >= 15 is 0 Å². The molecule has 0 saturated heterocycles. The Morgan fingerprint density at radius 3 is 2.57 bits per heavy atom. The summed E-state index contributed by atoms with van der Waals surface area (Å²) < 4.78 is 3.99. The van der Waals surface area contributed by atoms with Crippen molar-refractivity contribution in [3.63, 3.8) is 0 Å². The molecule has 0 unspecified atom stereocenters. The minimum atomic E-state index is -0.125. The first-order valence-corrected chi connectivity index (χ1v) is 9.13. The van der Waals surface area contributed by atoms with Gasteiger partial charge in [-0.05, 0) is 26.0 Å². The van der Waals surface area contributed by atoms with Gasteiger partial charge in [0.1, 0.15) is 5.65 Å². The number of allylic oxidation sites excluding steroid dienone is 2. The summed E-state index contributed by atoms with van der Waals surface area (Å²) in [6, 6.07) is 12.2. The predicted molar refractivity (Wildman–Crippen MR) is 108 cm³/mol. The molecule has 5 nitrogen and oxygen atoms in total. The van der Waals surface area contributed by atoms with E-state index in [0.29, 0.717) is 0 Å². The van der Waals surface area contributed by atoms with E-state index in [9.17, 15) is 4.79 Å². The topological polar surface area (TPSA) is 58.5 Å². The first kappa shape index (κ1) is 21.7. The van der Waals surface area contributed by atoms with Crippen molar-refractivity contribution in [2.45, 2.75) is 13.8 Å². The van der Waals surface area contributed by atoms with Crippen LogP contribution < -0.4 is 4.57 Å². The van der Waals surface area contributed by atoms with E-state index in [2.05, 4.69) is 23.8 Å². The molecule has 0 atom stereocenters. The second-order valence-electron chi connectivity index (χ2n) is 6.09. The second kappa shape index (κ2) is 9.06. The van der Waals surface area contributed by atoms with Crippen LogP contribution in [0.15, 0.2) is 59.8 Å². The van der Waals surface area contributed by atoms with Crippen molar-refractivity contribution in [3.8, 4) is 11.3 Å². The van der Waals surface area contributed by atoms with Crippen LogP contribution in [-0.4, -0.2) is 19.7 Å². The predicted octanol–water partition coefficient (Wildman–Crippen LogP) is 4.36. The Hall–Kier alpha value is -2.60. The monoisotopic (exact) mass is 571 g/mol. The molecule has 0 fully saturated rings. The van der Waals surface area contributed by atoms with Crippen molar-refractivity contribution in [2.75, 3.05) is 0 Å². The van der Waals surface area contributed by atoms with Gasteiger partial charge in [0.2, 0.25) is 0 Å². The molecule has 0 bridgehead atoms. The average Bonchev–Trinajstić information content (AvgIpc) is 3.16. The number of aliphatic hydroxyl groups is 1. The van der Waals surface area contributed by atoms with Gasteiger partial charge in [-0.25, -0.2) is 8.77 Å². The maximum Gasteiger partial charge on any atom is 0.155 e. The molecule has 3 aromatic heterocycles. The third kappa shape index (κ3) is 4.44. The Bertz CT molecular complexity index is 1160. The summed E-state index contributed by atoms with van der Waals surface area (Å²) in [7, 11) is 4.09. The normalized spacial score (nSPS) is 11.0. The van der Waals surface area contributed by atoms with E-state index in [0.717, 1.165) is 33.5 Å². The molecule has 4 aromatic rings. The van der Waals surface area contributed by atoms with Gasteiger partial charge in [0.25, 0.3) is 0 Å². The van der Waals surface area contributed by atoms with Gasteiger partial charge in [0.15, 0.2) is 5.78 Å². The molecule has 7 heteroatoms. The van der Waals surface area contributed by atoms with Crippen molar-refractivity contribution in [3.05, 3.63) is 79.3 Å². The molecule has 0 amide bonds. The Labute approximate surface area is 181 Å². The largest absolute Gasteiger partial charge is 0.512 e. The van der Waals surface area contributed by atoms with Gasteiger partial charge < -0.3 is 9.67 Å². The molecule has 4 rings (SSSR count). The van der Waals surface area contributed by atoms with Crippen LogP contribution in [0.25, 0.3) is 27.9 Å². The molecule has 1 radical (unpaired) electrons. The Balaban J connectivity index is 0.000000306. The van der Waals surface area contributed by atoms with Crippen LogP contribution in [-0.2, 0) is 24.9 Å². The van der Waals surface area contributed by atoms with Gasteiger partial charge in [-0.2, -0.15) is 18.6 Å². The molecule has 1 aromatic carbocycles. The molecule has 0 aliphatic carbocycles. The van der Waals surface area contributed by atoms with Gasteiger partial charge in [0, 0.05) is 38.6 Å². The fourth-order valence-corrected chi connectivity index (χ4v) is 3.60. The maximum absolute atomic E-state index is 10.0. The van der Waals surface area contributed by atoms with Crippen LogP contribution in [0.1, 0.15) is 19.4 Å². The zero-order valence-corrected chi connectivity index (χ0v) is 18.8. The van der Waals surface area contributed by atoms with Crippen molar-refractivity contribution < 1.29 is 34.6 Å². The van der Waals surface area contributed by atoms with Gasteiger partial charge in [-0.3, -0.25) is 4.79 Å². The van der Waals surface area contributed by atoms with Crippen molar-refractivity contribution in [1.82, 2.24) is 8.77 Å². The van der Waals surface area contributed by atoms with E-state index in [1.165, 1.54) is 19.9 Å². The summed E-state index contributed by atoms with van der Waals surface area (Å²) in [5.74, 6) is -0.0625. The van der Waals surface area contributed by atoms with Crippen LogP contribution in [0.5, 0.6) is 0 Å². The minimum absolute atomic E-state index is 0. The fourth-order valence-electron chi connectivity index (χ4n) is 2.82. The van der Waals surface area contributed by atoms with E-state index < -0.39 is 0 Å². The van der Waals surface area contributed by atoms with Crippen LogP contribution in [0.4, 0.5) is 0 Å². The van der Waals surface area contributed by atoms with E-state index in [1.807, 2.05) is 46.5 Å². The van der Waals surface area contributed by atoms with Crippen LogP contribution >= 0.6 is 11.5 Å². The Morgan fingerprint density at radius 1 is 1.25 bits per heavy atom. The zero-order chi connectivity index (χ0) is 19.6. The number of ketones is 1. The summed E-state index contributed by atoms with van der Waals surface area (Å²) in [6.45, 7) is 6.96. The first-order chi connectivity index (χ1) is 12.9. The fraction of sp³-hybridized carbons (Fsp3) is 0.0952. The molecular weight excluding hydrogens is 551 g/mol. The summed E-state index contributed by atoms with van der Waals surface area (Å²) in [6.07, 6.45) is 3.14. The molecular formula is C21H20IrN3O2S-. The zero-order valence-electron chi connectivity index (χ0n) is 15.5. The number of benzene rings is 1. The smallest absolute Gasteiger partial charge is 0.155 e. The molecule has 0 aliphatic rings. The number of carbonyl (C=O) groups is 1. The standard InChI is InChI=1S/C16H12N3S.C5H8O2.Ir/c1-11-5-3-4-6-12(11)16-15-13(7-9-18(16)2)19-14(17-15)8-10-20-19;1-4(6)3-5(2)7;/h3-10H,1-2H2;3,6H,1-2H3;/q-1;;/b;4-3-;. The number of carbonyl (C=O) groups excluding carboxylic acids is 1. The molecule has 28 heavy (non-hydrogen) atoms. The van der Waals surface area contributed by atoms with Crippen LogP contribution in [0.3, 0.4) is 0 Å².